The molecule has 2 amide bonds. The number of hydrogen-bond acceptors (Lipinski definition) is 3. The molecular weight excluding hydrogens is 303 g/mol. The van der Waals surface area contributed by atoms with Crippen molar-refractivity contribution >= 4 is 11.7 Å². The third-order valence-electron chi connectivity index (χ3n) is 2.82. The van der Waals surface area contributed by atoms with Crippen LogP contribution in [-0.4, -0.2) is 23.0 Å². The quantitative estimate of drug-likeness (QED) is 0.914. The Labute approximate surface area is 122 Å². The number of hydrogen-bond donors (Lipinski definition) is 2. The number of pyridine rings is 1. The number of amides is 2. The summed E-state index contributed by atoms with van der Waals surface area (Å²) in [4.78, 5) is 26.5. The zero-order valence-electron chi connectivity index (χ0n) is 11.4. The third-order valence-corrected chi connectivity index (χ3v) is 2.82. The summed E-state index contributed by atoms with van der Waals surface area (Å²) >= 11 is 0. The molecule has 0 fully saturated rings. The molecule has 6 nitrogen and oxygen atoms in total. The van der Waals surface area contributed by atoms with Crippen molar-refractivity contribution in [3.63, 3.8) is 0 Å². The van der Waals surface area contributed by atoms with Crippen LogP contribution >= 0.6 is 0 Å². The summed E-state index contributed by atoms with van der Waals surface area (Å²) in [5, 5.41) is 2.15. The van der Waals surface area contributed by atoms with Gasteiger partial charge in [-0.2, -0.15) is 13.2 Å². The number of urea groups is 1. The van der Waals surface area contributed by atoms with Gasteiger partial charge in [0.15, 0.2) is 0 Å². The molecule has 0 radical (unpaired) electrons. The molecule has 118 valence electrons. The number of carbonyl (C=O) groups excluding carboxylic acids is 1. The number of nitrogens with one attached hydrogen (secondary N) is 2. The number of rotatable bonds is 3. The number of alkyl halides is 3. The van der Waals surface area contributed by atoms with Crippen LogP contribution in [0.3, 0.4) is 0 Å². The fraction of sp³-hybridized carbons (Fsp3) is 0.231. The lowest BCUT2D eigenvalue weighted by molar-refractivity contribution is -0.137. The average Bonchev–Trinajstić information content (AvgIpc) is 2.92. The number of anilines is 1. The van der Waals surface area contributed by atoms with Crippen LogP contribution in [0.2, 0.25) is 0 Å². The van der Waals surface area contributed by atoms with E-state index in [0.29, 0.717) is 17.8 Å². The van der Waals surface area contributed by atoms with E-state index in [-0.39, 0.29) is 6.54 Å². The Bertz CT molecular complexity index is 707. The summed E-state index contributed by atoms with van der Waals surface area (Å²) < 4.78 is 42.6. The zero-order chi connectivity index (χ0) is 16.3. The topological polar surface area (TPSA) is 78.3 Å². The first kappa shape index (κ1) is 15.7. The van der Waals surface area contributed by atoms with Gasteiger partial charge in [-0.15, -0.1) is 0 Å². The van der Waals surface area contributed by atoms with E-state index in [2.05, 4.69) is 5.32 Å². The molecule has 2 heterocycles. The second-order valence-corrected chi connectivity index (χ2v) is 4.55. The standard InChI is InChI=1S/C13H12F3N3O3/c1-19(6-8-2-3-22-7-8)12(21)18-10-4-9(13(14,15)16)5-17-11(10)20/h2-5,7H,6H2,1H3,(H,17,20)(H,18,21). The molecular formula is C13H12F3N3O3. The number of aromatic amines is 1. The molecule has 0 saturated carbocycles. The second kappa shape index (κ2) is 5.96. The lowest BCUT2D eigenvalue weighted by Crippen LogP contribution is -2.33. The maximum Gasteiger partial charge on any atom is 0.417 e. The zero-order valence-corrected chi connectivity index (χ0v) is 11.4. The number of furan rings is 1. The van der Waals surface area contributed by atoms with E-state index in [1.54, 1.807) is 6.07 Å². The Morgan fingerprint density at radius 1 is 1.45 bits per heavy atom. The van der Waals surface area contributed by atoms with Gasteiger partial charge >= 0.3 is 12.2 Å². The van der Waals surface area contributed by atoms with Crippen molar-refractivity contribution in [1.82, 2.24) is 9.88 Å². The Morgan fingerprint density at radius 2 is 2.18 bits per heavy atom. The van der Waals surface area contributed by atoms with Gasteiger partial charge in [-0.3, -0.25) is 4.79 Å². The van der Waals surface area contributed by atoms with E-state index in [1.807, 2.05) is 4.98 Å². The fourth-order valence-electron chi connectivity index (χ4n) is 1.68. The van der Waals surface area contributed by atoms with E-state index in [9.17, 15) is 22.8 Å². The third kappa shape index (κ3) is 3.68. The van der Waals surface area contributed by atoms with Crippen LogP contribution in [0.5, 0.6) is 0 Å². The van der Waals surface area contributed by atoms with Crippen LogP contribution in [-0.2, 0) is 12.7 Å². The van der Waals surface area contributed by atoms with Crippen molar-refractivity contribution in [3.8, 4) is 0 Å². The van der Waals surface area contributed by atoms with Crippen LogP contribution in [0.4, 0.5) is 23.7 Å². The SMILES string of the molecule is CN(Cc1ccoc1)C(=O)Nc1cc(C(F)(F)F)c[nH]c1=O. The summed E-state index contributed by atoms with van der Waals surface area (Å²) in [7, 11) is 1.43. The molecule has 0 aliphatic rings. The number of aromatic nitrogens is 1. The number of carbonyl (C=O) groups is 1. The Morgan fingerprint density at radius 3 is 2.77 bits per heavy atom. The van der Waals surface area contributed by atoms with Gasteiger partial charge in [0.1, 0.15) is 5.69 Å². The summed E-state index contributed by atoms with van der Waals surface area (Å²) in [6.07, 6.45) is -1.21. The minimum atomic E-state index is -4.62. The van der Waals surface area contributed by atoms with Gasteiger partial charge in [0.2, 0.25) is 0 Å². The van der Waals surface area contributed by atoms with E-state index in [4.69, 9.17) is 4.42 Å². The molecule has 0 bridgehead atoms. The predicted octanol–water partition coefficient (Wildman–Crippen LogP) is 2.65. The number of nitrogens with zero attached hydrogens (tertiary/aromatic N) is 1. The van der Waals surface area contributed by atoms with Crippen LogP contribution in [0.25, 0.3) is 0 Å². The predicted molar refractivity (Wildman–Crippen MR) is 71.3 cm³/mol. The fourth-order valence-corrected chi connectivity index (χ4v) is 1.68. The molecule has 0 aromatic carbocycles. The Hall–Kier alpha value is -2.71. The highest BCUT2D eigenvalue weighted by Gasteiger charge is 2.31. The lowest BCUT2D eigenvalue weighted by Gasteiger charge is -2.17. The minimum Gasteiger partial charge on any atom is -0.472 e. The highest BCUT2D eigenvalue weighted by atomic mass is 19.4. The van der Waals surface area contributed by atoms with Crippen molar-refractivity contribution in [1.29, 1.82) is 0 Å². The molecule has 0 atom stereocenters. The molecule has 0 unspecified atom stereocenters. The smallest absolute Gasteiger partial charge is 0.417 e. The molecule has 0 saturated heterocycles. The molecule has 22 heavy (non-hydrogen) atoms. The monoisotopic (exact) mass is 315 g/mol. The van der Waals surface area contributed by atoms with E-state index in [0.717, 1.165) is 0 Å². The average molecular weight is 315 g/mol. The van der Waals surface area contributed by atoms with Gasteiger partial charge in [-0.1, -0.05) is 0 Å². The van der Waals surface area contributed by atoms with E-state index in [1.165, 1.54) is 24.5 Å². The minimum absolute atomic E-state index is 0.180. The first-order valence-electron chi connectivity index (χ1n) is 6.10. The summed E-state index contributed by atoms with van der Waals surface area (Å²) in [6.45, 7) is 0.180. The molecule has 2 aromatic rings. The van der Waals surface area contributed by atoms with Gasteiger partial charge in [-0.05, 0) is 12.1 Å². The molecule has 2 N–H and O–H groups in total. The lowest BCUT2D eigenvalue weighted by atomic mass is 10.2. The van der Waals surface area contributed by atoms with Crippen LogP contribution in [0.15, 0.2) is 40.1 Å². The maximum atomic E-state index is 12.6. The van der Waals surface area contributed by atoms with Crippen molar-refractivity contribution < 1.29 is 22.4 Å². The number of H-pyrrole nitrogens is 1. The van der Waals surface area contributed by atoms with Gasteiger partial charge in [0.25, 0.3) is 5.56 Å². The normalized spacial score (nSPS) is 11.3. The van der Waals surface area contributed by atoms with Crippen LogP contribution in [0.1, 0.15) is 11.1 Å². The molecule has 0 spiro atoms. The molecule has 2 rings (SSSR count). The van der Waals surface area contributed by atoms with E-state index < -0.39 is 29.0 Å². The van der Waals surface area contributed by atoms with E-state index >= 15 is 0 Å². The highest BCUT2D eigenvalue weighted by molar-refractivity contribution is 5.88. The van der Waals surface area contributed by atoms with Crippen LogP contribution in [0, 0.1) is 0 Å². The summed E-state index contributed by atoms with van der Waals surface area (Å²) in [5.41, 5.74) is -1.65. The highest BCUT2D eigenvalue weighted by Crippen LogP contribution is 2.29. The number of halogens is 3. The maximum absolute atomic E-state index is 12.6. The molecule has 0 aliphatic carbocycles. The summed E-state index contributed by atoms with van der Waals surface area (Å²) in [6, 6.07) is 1.51. The van der Waals surface area contributed by atoms with Crippen molar-refractivity contribution in [2.75, 3.05) is 12.4 Å². The van der Waals surface area contributed by atoms with Crippen molar-refractivity contribution in [2.45, 2.75) is 12.7 Å². The van der Waals surface area contributed by atoms with Gasteiger partial charge in [0.05, 0.1) is 24.6 Å². The van der Waals surface area contributed by atoms with Crippen LogP contribution < -0.4 is 10.9 Å². The first-order chi connectivity index (χ1) is 10.3. The first-order valence-corrected chi connectivity index (χ1v) is 6.10. The van der Waals surface area contributed by atoms with Gasteiger partial charge < -0.3 is 19.6 Å². The molecule has 2 aromatic heterocycles. The molecule has 0 aliphatic heterocycles. The van der Waals surface area contributed by atoms with Crippen molar-refractivity contribution in [2.24, 2.45) is 0 Å². The van der Waals surface area contributed by atoms with Gasteiger partial charge in [-0.25, -0.2) is 4.79 Å². The largest absolute Gasteiger partial charge is 0.472 e. The summed E-state index contributed by atoms with van der Waals surface area (Å²) in [5.74, 6) is 0. The Balaban J connectivity index is 2.12. The van der Waals surface area contributed by atoms with Gasteiger partial charge in [0, 0.05) is 18.8 Å². The molecule has 9 heteroatoms. The van der Waals surface area contributed by atoms with Crippen molar-refractivity contribution in [3.05, 3.63) is 52.3 Å². The Kier molecular flexibility index (Phi) is 4.25. The second-order valence-electron chi connectivity index (χ2n) is 4.55.